The standard InChI is InChI=1S/C23H22FN4O6P/c1-15(18-5-2-3-7-20(18)24)33-22-9-8-16(13-26-22)11-17-12-21(34-27-17)19-6-4-10-28(23(19)25)14-32-35(29,30)31/h2-10,12-13,15,25H,11,14H2,1H3,(H2,29,30,31)/p+1. The summed E-state index contributed by atoms with van der Waals surface area (Å²) in [5.41, 5.74) is 8.52. The number of nitrogen functional groups attached to an aromatic ring is 1. The maximum absolute atomic E-state index is 13.9. The van der Waals surface area contributed by atoms with Gasteiger partial charge in [0.2, 0.25) is 12.6 Å². The first kappa shape index (κ1) is 24.5. The first-order valence-electron chi connectivity index (χ1n) is 10.5. The Morgan fingerprint density at radius 2 is 2.00 bits per heavy atom. The molecule has 182 valence electrons. The Balaban J connectivity index is 1.42. The van der Waals surface area contributed by atoms with Crippen LogP contribution in [0.4, 0.5) is 10.2 Å². The van der Waals surface area contributed by atoms with E-state index in [1.54, 1.807) is 55.6 Å². The number of ether oxygens (including phenoxy) is 1. The van der Waals surface area contributed by atoms with Gasteiger partial charge >= 0.3 is 7.82 Å². The fourth-order valence-electron chi connectivity index (χ4n) is 3.39. The quantitative estimate of drug-likeness (QED) is 0.232. The van der Waals surface area contributed by atoms with Crippen LogP contribution in [-0.2, 0) is 22.2 Å². The van der Waals surface area contributed by atoms with Crippen molar-refractivity contribution in [3.05, 3.63) is 89.6 Å². The van der Waals surface area contributed by atoms with Crippen LogP contribution in [0.3, 0.4) is 0 Å². The van der Waals surface area contributed by atoms with E-state index in [1.807, 2.05) is 6.07 Å². The van der Waals surface area contributed by atoms with Crippen LogP contribution in [0.15, 0.2) is 71.5 Å². The third-order valence-corrected chi connectivity index (χ3v) is 5.58. The zero-order chi connectivity index (χ0) is 25.0. The van der Waals surface area contributed by atoms with E-state index in [2.05, 4.69) is 14.7 Å². The first-order valence-corrected chi connectivity index (χ1v) is 12.0. The number of anilines is 1. The molecule has 0 aliphatic rings. The molecule has 35 heavy (non-hydrogen) atoms. The number of hydrogen-bond donors (Lipinski definition) is 3. The Kier molecular flexibility index (Phi) is 7.23. The highest BCUT2D eigenvalue weighted by atomic mass is 31.2. The minimum Gasteiger partial charge on any atom is -0.470 e. The lowest BCUT2D eigenvalue weighted by Gasteiger charge is -2.15. The number of phosphoric ester groups is 1. The highest BCUT2D eigenvalue weighted by molar-refractivity contribution is 7.46. The van der Waals surface area contributed by atoms with E-state index in [9.17, 15) is 8.96 Å². The molecule has 4 rings (SSSR count). The SMILES string of the molecule is CC(Oc1ccc(Cc2cc(-c3ccc[n+](COP(=O)(O)O)c3N)on2)cn1)c1ccccc1F. The molecule has 0 saturated heterocycles. The third kappa shape index (κ3) is 6.28. The molecule has 1 atom stereocenters. The first-order chi connectivity index (χ1) is 16.7. The van der Waals surface area contributed by atoms with E-state index in [0.717, 1.165) is 5.56 Å². The van der Waals surface area contributed by atoms with Gasteiger partial charge in [0.1, 0.15) is 17.5 Å². The molecule has 0 spiro atoms. The molecule has 0 bridgehead atoms. The van der Waals surface area contributed by atoms with E-state index >= 15 is 0 Å². The monoisotopic (exact) mass is 501 g/mol. The average Bonchev–Trinajstić information content (AvgIpc) is 3.27. The van der Waals surface area contributed by atoms with Crippen LogP contribution >= 0.6 is 7.82 Å². The van der Waals surface area contributed by atoms with Gasteiger partial charge in [-0.15, -0.1) is 0 Å². The summed E-state index contributed by atoms with van der Waals surface area (Å²) in [5.74, 6) is 0.604. The zero-order valence-electron chi connectivity index (χ0n) is 18.6. The highest BCUT2D eigenvalue weighted by Crippen LogP contribution is 2.35. The second-order valence-electron chi connectivity index (χ2n) is 7.67. The number of nitrogens with zero attached hydrogens (tertiary/aromatic N) is 3. The van der Waals surface area contributed by atoms with Crippen molar-refractivity contribution in [2.45, 2.75) is 26.2 Å². The molecule has 0 radical (unpaired) electrons. The summed E-state index contributed by atoms with van der Waals surface area (Å²) in [6, 6.07) is 15.0. The molecule has 3 aromatic heterocycles. The summed E-state index contributed by atoms with van der Waals surface area (Å²) in [6.07, 6.45) is 3.09. The van der Waals surface area contributed by atoms with Gasteiger partial charge in [-0.05, 0) is 30.7 Å². The lowest BCUT2D eigenvalue weighted by atomic mass is 10.1. The maximum atomic E-state index is 13.9. The summed E-state index contributed by atoms with van der Waals surface area (Å²) in [7, 11) is -4.65. The van der Waals surface area contributed by atoms with Gasteiger partial charge < -0.3 is 19.0 Å². The highest BCUT2D eigenvalue weighted by Gasteiger charge is 2.21. The van der Waals surface area contributed by atoms with Crippen LogP contribution in [0.5, 0.6) is 5.88 Å². The van der Waals surface area contributed by atoms with Gasteiger partial charge in [-0.2, -0.15) is 0 Å². The number of phosphoric acid groups is 1. The predicted molar refractivity (Wildman–Crippen MR) is 122 cm³/mol. The van der Waals surface area contributed by atoms with Crippen molar-refractivity contribution >= 4 is 13.6 Å². The van der Waals surface area contributed by atoms with Gasteiger partial charge in [0.25, 0.3) is 5.82 Å². The van der Waals surface area contributed by atoms with Crippen molar-refractivity contribution in [3.8, 4) is 17.2 Å². The van der Waals surface area contributed by atoms with Crippen LogP contribution in [0.1, 0.15) is 29.8 Å². The van der Waals surface area contributed by atoms with Crippen molar-refractivity contribution in [3.63, 3.8) is 0 Å². The Morgan fingerprint density at radius 3 is 2.71 bits per heavy atom. The summed E-state index contributed by atoms with van der Waals surface area (Å²) >= 11 is 0. The van der Waals surface area contributed by atoms with E-state index in [1.165, 1.54) is 16.8 Å². The predicted octanol–water partition coefficient (Wildman–Crippen LogP) is 3.54. The van der Waals surface area contributed by atoms with Crippen molar-refractivity contribution in [1.29, 1.82) is 0 Å². The van der Waals surface area contributed by atoms with Gasteiger partial charge in [-0.3, -0.25) is 5.73 Å². The smallest absolute Gasteiger partial charge is 0.470 e. The Hall–Kier alpha value is -3.63. The number of aromatic nitrogens is 3. The molecule has 1 unspecified atom stereocenters. The molecule has 3 heterocycles. The maximum Gasteiger partial charge on any atom is 0.472 e. The minimum atomic E-state index is -4.65. The number of hydrogen-bond acceptors (Lipinski definition) is 7. The van der Waals surface area contributed by atoms with Crippen LogP contribution in [0.2, 0.25) is 0 Å². The molecule has 0 amide bonds. The molecule has 0 fully saturated rings. The Morgan fingerprint density at radius 1 is 1.20 bits per heavy atom. The van der Waals surface area contributed by atoms with E-state index in [4.69, 9.17) is 24.8 Å². The van der Waals surface area contributed by atoms with Crippen LogP contribution in [-0.4, -0.2) is 19.9 Å². The van der Waals surface area contributed by atoms with Gasteiger partial charge in [-0.25, -0.2) is 23.0 Å². The Labute approximate surface area is 200 Å². The number of rotatable bonds is 9. The fourth-order valence-corrected chi connectivity index (χ4v) is 3.66. The van der Waals surface area contributed by atoms with Crippen molar-refractivity contribution in [2.75, 3.05) is 5.73 Å². The lowest BCUT2D eigenvalue weighted by Crippen LogP contribution is -2.38. The summed E-state index contributed by atoms with van der Waals surface area (Å²) in [6.45, 7) is 1.32. The number of nitrogens with two attached hydrogens (primary N) is 1. The molecule has 1 aromatic carbocycles. The number of halogens is 1. The molecule has 0 aliphatic carbocycles. The van der Waals surface area contributed by atoms with Gasteiger partial charge in [-0.1, -0.05) is 29.4 Å². The van der Waals surface area contributed by atoms with E-state index < -0.39 is 20.7 Å². The summed E-state index contributed by atoms with van der Waals surface area (Å²) < 4.78 is 41.9. The molecular weight excluding hydrogens is 478 g/mol. The lowest BCUT2D eigenvalue weighted by molar-refractivity contribution is -0.711. The van der Waals surface area contributed by atoms with Gasteiger partial charge in [0.15, 0.2) is 5.76 Å². The largest absolute Gasteiger partial charge is 0.472 e. The van der Waals surface area contributed by atoms with Gasteiger partial charge in [0, 0.05) is 30.3 Å². The van der Waals surface area contributed by atoms with Crippen molar-refractivity contribution in [2.24, 2.45) is 0 Å². The van der Waals surface area contributed by atoms with E-state index in [-0.39, 0.29) is 11.6 Å². The Bertz CT molecular complexity index is 1360. The van der Waals surface area contributed by atoms with Crippen molar-refractivity contribution in [1.82, 2.24) is 10.1 Å². The number of pyridine rings is 2. The molecule has 10 nitrogen and oxygen atoms in total. The summed E-state index contributed by atoms with van der Waals surface area (Å²) in [4.78, 5) is 22.1. The molecule has 0 aliphatic heterocycles. The van der Waals surface area contributed by atoms with Crippen LogP contribution < -0.4 is 15.0 Å². The molecule has 4 aromatic rings. The van der Waals surface area contributed by atoms with Crippen LogP contribution in [0, 0.1) is 5.82 Å². The average molecular weight is 501 g/mol. The second kappa shape index (κ2) is 10.3. The zero-order valence-corrected chi connectivity index (χ0v) is 19.5. The molecule has 0 saturated carbocycles. The van der Waals surface area contributed by atoms with Gasteiger partial charge in [0.05, 0.1) is 11.9 Å². The number of benzene rings is 1. The van der Waals surface area contributed by atoms with Crippen molar-refractivity contribution < 1.29 is 37.1 Å². The topological polar surface area (TPSA) is 145 Å². The third-order valence-electron chi connectivity index (χ3n) is 5.13. The normalized spacial score (nSPS) is 12.5. The minimum absolute atomic E-state index is 0.191. The van der Waals surface area contributed by atoms with Crippen LogP contribution in [0.25, 0.3) is 11.3 Å². The summed E-state index contributed by atoms with van der Waals surface area (Å²) in [5, 5.41) is 4.07. The van der Waals surface area contributed by atoms with E-state index in [0.29, 0.717) is 34.9 Å². The molecule has 4 N–H and O–H groups in total. The molecular formula is C23H23FN4O6P+. The second-order valence-corrected chi connectivity index (χ2v) is 8.91. The fraction of sp³-hybridized carbons (Fsp3) is 0.174. The molecule has 12 heteroatoms.